The van der Waals surface area contributed by atoms with Crippen molar-refractivity contribution in [2.75, 3.05) is 18.9 Å². The van der Waals surface area contributed by atoms with Gasteiger partial charge in [-0.25, -0.2) is 4.72 Å². The van der Waals surface area contributed by atoms with E-state index >= 15 is 0 Å². The summed E-state index contributed by atoms with van der Waals surface area (Å²) in [7, 11) is -0.940. The van der Waals surface area contributed by atoms with E-state index in [4.69, 9.17) is 22.7 Å². The molecule has 4 N–H and O–H groups in total. The highest BCUT2D eigenvalue weighted by Crippen LogP contribution is 2.28. The van der Waals surface area contributed by atoms with Gasteiger partial charge in [0.1, 0.15) is 16.4 Å². The van der Waals surface area contributed by atoms with Gasteiger partial charge in [0.15, 0.2) is 0 Å². The Balaban J connectivity index is 3.33. The molecular formula is C9H13N3O3S2. The number of anilines is 1. The molecule has 0 aliphatic heterocycles. The lowest BCUT2D eigenvalue weighted by atomic mass is 10.1. The maximum atomic E-state index is 11.4. The molecule has 0 bridgehead atoms. The first-order valence-corrected chi connectivity index (χ1v) is 6.48. The van der Waals surface area contributed by atoms with Crippen LogP contribution in [-0.4, -0.2) is 27.6 Å². The van der Waals surface area contributed by atoms with Crippen LogP contribution in [0.5, 0.6) is 5.75 Å². The van der Waals surface area contributed by atoms with Crippen LogP contribution in [0.2, 0.25) is 0 Å². The fourth-order valence-corrected chi connectivity index (χ4v) is 1.95. The Labute approximate surface area is 105 Å². The largest absolute Gasteiger partial charge is 0.495 e. The third kappa shape index (κ3) is 3.29. The van der Waals surface area contributed by atoms with E-state index in [0.29, 0.717) is 11.3 Å². The lowest BCUT2D eigenvalue weighted by Crippen LogP contribution is -2.28. The van der Waals surface area contributed by atoms with Crippen molar-refractivity contribution in [2.45, 2.75) is 0 Å². The molecule has 1 rings (SSSR count). The van der Waals surface area contributed by atoms with E-state index in [9.17, 15) is 8.42 Å². The third-order valence-electron chi connectivity index (χ3n) is 2.02. The Kier molecular flexibility index (Phi) is 4.27. The standard InChI is InChI=1S/C9H13N3O3S2/c1-11-17(13,14)12-8-6(9(10)16)4-3-5-7(8)15-2/h3-5,11-12H,1-2H3,(H2,10,16). The molecule has 0 aliphatic rings. The molecular weight excluding hydrogens is 262 g/mol. The van der Waals surface area contributed by atoms with Crippen LogP contribution in [-0.2, 0) is 10.2 Å². The topological polar surface area (TPSA) is 93.5 Å². The minimum atomic E-state index is -3.66. The maximum Gasteiger partial charge on any atom is 0.298 e. The minimum Gasteiger partial charge on any atom is -0.495 e. The lowest BCUT2D eigenvalue weighted by molar-refractivity contribution is 0.417. The highest BCUT2D eigenvalue weighted by molar-refractivity contribution is 7.90. The summed E-state index contributed by atoms with van der Waals surface area (Å²) in [6.45, 7) is 0. The van der Waals surface area contributed by atoms with E-state index in [0.717, 1.165) is 0 Å². The summed E-state index contributed by atoms with van der Waals surface area (Å²) >= 11 is 4.85. The van der Waals surface area contributed by atoms with Crippen LogP contribution in [0.1, 0.15) is 5.56 Å². The number of methoxy groups -OCH3 is 1. The monoisotopic (exact) mass is 275 g/mol. The molecule has 0 radical (unpaired) electrons. The summed E-state index contributed by atoms with van der Waals surface area (Å²) in [5.41, 5.74) is 6.14. The predicted octanol–water partition coefficient (Wildman–Crippen LogP) is 0.205. The lowest BCUT2D eigenvalue weighted by Gasteiger charge is -2.14. The molecule has 1 aromatic rings. The van der Waals surface area contributed by atoms with Gasteiger partial charge in [-0.3, -0.25) is 4.72 Å². The van der Waals surface area contributed by atoms with Crippen molar-refractivity contribution in [1.29, 1.82) is 0 Å². The van der Waals surface area contributed by atoms with Crippen molar-refractivity contribution in [1.82, 2.24) is 4.72 Å². The number of rotatable bonds is 5. The molecule has 0 aliphatic carbocycles. The molecule has 0 unspecified atom stereocenters. The number of nitrogens with one attached hydrogen (secondary N) is 2. The molecule has 0 saturated carbocycles. The number of ether oxygens (including phenoxy) is 1. The average molecular weight is 275 g/mol. The minimum absolute atomic E-state index is 0.0812. The first kappa shape index (κ1) is 13.7. The van der Waals surface area contributed by atoms with E-state index in [1.54, 1.807) is 18.2 Å². The molecule has 0 heterocycles. The Bertz CT molecular complexity index is 528. The number of nitrogens with two attached hydrogens (primary N) is 1. The van der Waals surface area contributed by atoms with E-state index < -0.39 is 10.2 Å². The maximum absolute atomic E-state index is 11.4. The van der Waals surface area contributed by atoms with Gasteiger partial charge in [-0.1, -0.05) is 18.3 Å². The van der Waals surface area contributed by atoms with E-state index in [1.807, 2.05) is 0 Å². The number of hydrogen-bond acceptors (Lipinski definition) is 4. The van der Waals surface area contributed by atoms with Gasteiger partial charge in [0.25, 0.3) is 10.2 Å². The van der Waals surface area contributed by atoms with Gasteiger partial charge < -0.3 is 10.5 Å². The van der Waals surface area contributed by atoms with Crippen LogP contribution in [0.3, 0.4) is 0 Å². The normalized spacial score (nSPS) is 10.9. The van der Waals surface area contributed by atoms with Crippen LogP contribution in [0.4, 0.5) is 5.69 Å². The number of hydrogen-bond donors (Lipinski definition) is 3. The van der Waals surface area contributed by atoms with Gasteiger partial charge in [0, 0.05) is 12.6 Å². The molecule has 0 saturated heterocycles. The van der Waals surface area contributed by atoms with E-state index in [1.165, 1.54) is 14.2 Å². The second kappa shape index (κ2) is 5.30. The van der Waals surface area contributed by atoms with Crippen molar-refractivity contribution in [3.05, 3.63) is 23.8 Å². The third-order valence-corrected chi connectivity index (χ3v) is 3.25. The van der Waals surface area contributed by atoms with E-state index in [-0.39, 0.29) is 10.7 Å². The summed E-state index contributed by atoms with van der Waals surface area (Å²) in [4.78, 5) is 0.0812. The van der Waals surface area contributed by atoms with Gasteiger partial charge >= 0.3 is 0 Å². The molecule has 0 spiro atoms. The van der Waals surface area contributed by atoms with Crippen LogP contribution < -0.4 is 19.9 Å². The Hall–Kier alpha value is -1.38. The molecule has 6 nitrogen and oxygen atoms in total. The van der Waals surface area contributed by atoms with E-state index in [2.05, 4.69) is 9.44 Å². The second-order valence-electron chi connectivity index (χ2n) is 3.06. The highest BCUT2D eigenvalue weighted by Gasteiger charge is 2.16. The van der Waals surface area contributed by atoms with Crippen molar-refractivity contribution >= 4 is 33.1 Å². The van der Waals surface area contributed by atoms with Crippen molar-refractivity contribution in [3.63, 3.8) is 0 Å². The molecule has 1 aromatic carbocycles. The van der Waals surface area contributed by atoms with Crippen LogP contribution >= 0.6 is 12.2 Å². The zero-order valence-corrected chi connectivity index (χ0v) is 11.0. The first-order valence-electron chi connectivity index (χ1n) is 4.59. The number of benzene rings is 1. The van der Waals surface area contributed by atoms with Gasteiger partial charge in [0.2, 0.25) is 0 Å². The SMILES string of the molecule is CNS(=O)(=O)Nc1c(OC)cccc1C(N)=S. The molecule has 0 amide bonds. The summed E-state index contributed by atoms with van der Waals surface area (Å²) < 4.78 is 32.4. The van der Waals surface area contributed by atoms with Crippen molar-refractivity contribution in [2.24, 2.45) is 5.73 Å². The highest BCUT2D eigenvalue weighted by atomic mass is 32.2. The quantitative estimate of drug-likeness (QED) is 0.668. The van der Waals surface area contributed by atoms with Gasteiger partial charge in [-0.05, 0) is 12.1 Å². The Morgan fingerprint density at radius 2 is 2.12 bits per heavy atom. The second-order valence-corrected chi connectivity index (χ2v) is 5.12. The van der Waals surface area contributed by atoms with Crippen molar-refractivity contribution < 1.29 is 13.2 Å². The fraction of sp³-hybridized carbons (Fsp3) is 0.222. The molecule has 94 valence electrons. The first-order chi connectivity index (χ1) is 7.91. The molecule has 0 fully saturated rings. The van der Waals surface area contributed by atoms with Gasteiger partial charge in [-0.2, -0.15) is 8.42 Å². The summed E-state index contributed by atoms with van der Waals surface area (Å²) in [5.74, 6) is 0.342. The Morgan fingerprint density at radius 1 is 1.47 bits per heavy atom. The van der Waals surface area contributed by atoms with Crippen LogP contribution in [0, 0.1) is 0 Å². The molecule has 0 aromatic heterocycles. The number of thiocarbonyl (C=S) groups is 1. The van der Waals surface area contributed by atoms with Gasteiger partial charge in [-0.15, -0.1) is 0 Å². The molecule has 8 heteroatoms. The summed E-state index contributed by atoms with van der Waals surface area (Å²) in [5, 5.41) is 0. The Morgan fingerprint density at radius 3 is 2.59 bits per heavy atom. The van der Waals surface area contributed by atoms with Crippen LogP contribution in [0.25, 0.3) is 0 Å². The summed E-state index contributed by atoms with van der Waals surface area (Å²) in [6, 6.07) is 4.89. The molecule has 0 atom stereocenters. The van der Waals surface area contributed by atoms with Gasteiger partial charge in [0.05, 0.1) is 7.11 Å². The van der Waals surface area contributed by atoms with Crippen LogP contribution in [0.15, 0.2) is 18.2 Å². The smallest absolute Gasteiger partial charge is 0.298 e. The number of para-hydroxylation sites is 1. The molecule has 17 heavy (non-hydrogen) atoms. The zero-order chi connectivity index (χ0) is 13.1. The predicted molar refractivity (Wildman–Crippen MR) is 70.5 cm³/mol. The summed E-state index contributed by atoms with van der Waals surface area (Å²) in [6.07, 6.45) is 0. The zero-order valence-electron chi connectivity index (χ0n) is 9.35. The average Bonchev–Trinajstić information content (AvgIpc) is 2.28. The fourth-order valence-electron chi connectivity index (χ4n) is 1.20. The van der Waals surface area contributed by atoms with Crippen molar-refractivity contribution in [3.8, 4) is 5.75 Å².